The van der Waals surface area contributed by atoms with E-state index in [1.165, 1.54) is 18.5 Å². The molecule has 184 valence electrons. The summed E-state index contributed by atoms with van der Waals surface area (Å²) >= 11 is 0. The summed E-state index contributed by atoms with van der Waals surface area (Å²) in [5, 5.41) is 9.12. The molecule has 0 aliphatic heterocycles. The van der Waals surface area contributed by atoms with Crippen molar-refractivity contribution in [1.82, 2.24) is 39.8 Å². The number of benzene rings is 1. The summed E-state index contributed by atoms with van der Waals surface area (Å²) in [6.07, 6.45) is 9.25. The first-order valence-electron chi connectivity index (χ1n) is 11.2. The maximum absolute atomic E-state index is 14.5. The van der Waals surface area contributed by atoms with E-state index in [0.717, 1.165) is 39.4 Å². The van der Waals surface area contributed by atoms with Gasteiger partial charge in [0.2, 0.25) is 10.0 Å². The molecule has 10 nitrogen and oxygen atoms in total. The Balaban J connectivity index is 1.44. The van der Waals surface area contributed by atoms with Crippen LogP contribution in [0.1, 0.15) is 5.56 Å². The third-order valence-electron chi connectivity index (χ3n) is 5.90. The van der Waals surface area contributed by atoms with Gasteiger partial charge in [-0.05, 0) is 53.1 Å². The lowest BCUT2D eigenvalue weighted by atomic mass is 10.0. The molecule has 6 rings (SSSR count). The summed E-state index contributed by atoms with van der Waals surface area (Å²) in [5.41, 5.74) is 6.11. The molecule has 12 heteroatoms. The zero-order chi connectivity index (χ0) is 25.6. The Morgan fingerprint density at radius 2 is 1.81 bits per heavy atom. The number of sulfonamides is 1. The normalized spacial score (nSPS) is 11.9. The van der Waals surface area contributed by atoms with Crippen molar-refractivity contribution in [1.29, 1.82) is 0 Å². The molecular formula is C25H19FN8O2S. The first-order valence-corrected chi connectivity index (χ1v) is 13.1. The van der Waals surface area contributed by atoms with Crippen LogP contribution >= 0.6 is 0 Å². The summed E-state index contributed by atoms with van der Waals surface area (Å²) in [7, 11) is -3.42. The summed E-state index contributed by atoms with van der Waals surface area (Å²) in [6, 6.07) is 10.1. The molecule has 0 radical (unpaired) electrons. The predicted octanol–water partition coefficient (Wildman–Crippen LogP) is 3.81. The van der Waals surface area contributed by atoms with E-state index in [1.807, 2.05) is 12.1 Å². The minimum atomic E-state index is -3.42. The number of rotatable bonds is 6. The van der Waals surface area contributed by atoms with Gasteiger partial charge in [-0.25, -0.2) is 32.5 Å². The van der Waals surface area contributed by atoms with Gasteiger partial charge in [-0.1, -0.05) is 0 Å². The van der Waals surface area contributed by atoms with Gasteiger partial charge in [0.15, 0.2) is 0 Å². The van der Waals surface area contributed by atoms with Crippen molar-refractivity contribution in [2.75, 3.05) is 6.26 Å². The first kappa shape index (κ1) is 22.9. The molecule has 0 saturated carbocycles. The monoisotopic (exact) mass is 514 g/mol. The van der Waals surface area contributed by atoms with Crippen molar-refractivity contribution in [3.05, 3.63) is 78.9 Å². The van der Waals surface area contributed by atoms with Crippen LogP contribution in [0.3, 0.4) is 0 Å². The Kier molecular flexibility index (Phi) is 5.46. The molecule has 0 bridgehead atoms. The van der Waals surface area contributed by atoms with Gasteiger partial charge in [-0.2, -0.15) is 5.10 Å². The molecule has 5 heterocycles. The number of fused-ring (bicyclic) bond motifs is 2. The third-order valence-corrected chi connectivity index (χ3v) is 6.57. The van der Waals surface area contributed by atoms with Gasteiger partial charge in [-0.3, -0.25) is 10.1 Å². The van der Waals surface area contributed by atoms with E-state index in [9.17, 15) is 12.8 Å². The second kappa shape index (κ2) is 8.84. The predicted molar refractivity (Wildman–Crippen MR) is 137 cm³/mol. The van der Waals surface area contributed by atoms with Crippen LogP contribution in [0, 0.1) is 5.82 Å². The van der Waals surface area contributed by atoms with Crippen LogP contribution in [0.4, 0.5) is 4.39 Å². The zero-order valence-corrected chi connectivity index (χ0v) is 20.2. The number of aromatic nitrogens is 7. The molecule has 0 aliphatic rings. The molecule has 5 aromatic heterocycles. The van der Waals surface area contributed by atoms with Gasteiger partial charge in [0, 0.05) is 41.5 Å². The minimum absolute atomic E-state index is 0.0156. The van der Waals surface area contributed by atoms with Crippen molar-refractivity contribution in [2.45, 2.75) is 6.54 Å². The Bertz CT molecular complexity index is 1880. The van der Waals surface area contributed by atoms with E-state index in [2.05, 4.69) is 39.8 Å². The molecule has 6 aromatic rings. The van der Waals surface area contributed by atoms with Crippen molar-refractivity contribution in [2.24, 2.45) is 0 Å². The number of nitrogens with zero attached hydrogens (tertiary/aromatic N) is 5. The van der Waals surface area contributed by atoms with Gasteiger partial charge in [0.05, 0.1) is 29.4 Å². The van der Waals surface area contributed by atoms with E-state index >= 15 is 0 Å². The molecule has 0 fully saturated rings. The largest absolute Gasteiger partial charge is 0.338 e. The van der Waals surface area contributed by atoms with E-state index < -0.39 is 15.8 Å². The molecule has 0 saturated heterocycles. The summed E-state index contributed by atoms with van der Waals surface area (Å²) in [5.74, 6) is -0.466. The molecule has 0 spiro atoms. The number of hydrogen-bond acceptors (Lipinski definition) is 7. The second-order valence-electron chi connectivity index (χ2n) is 8.56. The lowest BCUT2D eigenvalue weighted by molar-refractivity contribution is 0.586. The standard InChI is InChI=1S/C25H19FN8O2S/c1-37(35,36)31-9-14-4-15(6-17(26)5-14)18-2-3-29-25-19(18)7-22(32-25)24-20-8-21(16-10-27-13-28-11-16)30-12-23(20)33-34-24/h2-8,10-13,31H,9H2,1H3,(H,29,32)(H,33,34). The smallest absolute Gasteiger partial charge is 0.209 e. The topological polar surface area (TPSA) is 142 Å². The number of nitrogens with one attached hydrogen (secondary N) is 3. The number of pyridine rings is 2. The average molecular weight is 515 g/mol. The highest BCUT2D eigenvalue weighted by atomic mass is 32.2. The highest BCUT2D eigenvalue weighted by molar-refractivity contribution is 7.88. The van der Waals surface area contributed by atoms with Gasteiger partial charge in [0.1, 0.15) is 23.5 Å². The zero-order valence-electron chi connectivity index (χ0n) is 19.4. The van der Waals surface area contributed by atoms with Crippen LogP contribution < -0.4 is 4.72 Å². The van der Waals surface area contributed by atoms with Gasteiger partial charge >= 0.3 is 0 Å². The maximum atomic E-state index is 14.5. The summed E-state index contributed by atoms with van der Waals surface area (Å²) in [6.45, 7) is -0.0156. The van der Waals surface area contributed by atoms with Crippen molar-refractivity contribution < 1.29 is 12.8 Å². The van der Waals surface area contributed by atoms with Gasteiger partial charge in [0.25, 0.3) is 0 Å². The summed E-state index contributed by atoms with van der Waals surface area (Å²) < 4.78 is 39.9. The van der Waals surface area contributed by atoms with Crippen molar-refractivity contribution >= 4 is 32.0 Å². The minimum Gasteiger partial charge on any atom is -0.338 e. The highest BCUT2D eigenvalue weighted by Crippen LogP contribution is 2.34. The van der Waals surface area contributed by atoms with E-state index in [0.29, 0.717) is 28.2 Å². The molecular weight excluding hydrogens is 495 g/mol. The Labute approximate surface area is 210 Å². The van der Waals surface area contributed by atoms with Crippen LogP contribution in [0.15, 0.2) is 67.5 Å². The Morgan fingerprint density at radius 1 is 0.973 bits per heavy atom. The van der Waals surface area contributed by atoms with Crippen LogP contribution in [0.2, 0.25) is 0 Å². The number of halogens is 1. The fourth-order valence-electron chi connectivity index (χ4n) is 4.24. The molecule has 3 N–H and O–H groups in total. The SMILES string of the molecule is CS(=O)(=O)NCc1cc(F)cc(-c2ccnc3[nH]c(-c4n[nH]c5cnc(-c6cncnc6)cc45)cc23)c1. The fraction of sp³-hybridized carbons (Fsp3) is 0.0800. The van der Waals surface area contributed by atoms with Gasteiger partial charge in [-0.15, -0.1) is 0 Å². The molecule has 0 atom stereocenters. The molecule has 1 aromatic carbocycles. The maximum Gasteiger partial charge on any atom is 0.209 e. The van der Waals surface area contributed by atoms with Crippen molar-refractivity contribution in [3.63, 3.8) is 0 Å². The highest BCUT2D eigenvalue weighted by Gasteiger charge is 2.16. The van der Waals surface area contributed by atoms with Crippen LogP contribution in [0.5, 0.6) is 0 Å². The third kappa shape index (κ3) is 4.55. The quantitative estimate of drug-likeness (QED) is 0.307. The number of aromatic amines is 2. The number of hydrogen-bond donors (Lipinski definition) is 3. The first-order chi connectivity index (χ1) is 17.8. The Morgan fingerprint density at radius 3 is 2.62 bits per heavy atom. The second-order valence-corrected chi connectivity index (χ2v) is 10.4. The van der Waals surface area contributed by atoms with Crippen LogP contribution in [-0.2, 0) is 16.6 Å². The molecule has 0 aliphatic carbocycles. The van der Waals surface area contributed by atoms with E-state index in [-0.39, 0.29) is 6.54 Å². The number of H-pyrrole nitrogens is 2. The van der Waals surface area contributed by atoms with Crippen molar-refractivity contribution in [3.8, 4) is 33.8 Å². The summed E-state index contributed by atoms with van der Waals surface area (Å²) in [4.78, 5) is 20.4. The van der Waals surface area contributed by atoms with E-state index in [1.54, 1.807) is 36.9 Å². The molecule has 0 unspecified atom stereocenters. The average Bonchev–Trinajstić information content (AvgIpc) is 3.51. The lowest BCUT2D eigenvalue weighted by Crippen LogP contribution is -2.21. The van der Waals surface area contributed by atoms with E-state index in [4.69, 9.17) is 0 Å². The molecule has 37 heavy (non-hydrogen) atoms. The Hall–Kier alpha value is -4.55. The fourth-order valence-corrected chi connectivity index (χ4v) is 4.67. The van der Waals surface area contributed by atoms with Gasteiger partial charge < -0.3 is 4.98 Å². The lowest BCUT2D eigenvalue weighted by Gasteiger charge is -2.08. The van der Waals surface area contributed by atoms with Crippen LogP contribution in [-0.4, -0.2) is 49.8 Å². The van der Waals surface area contributed by atoms with Crippen LogP contribution in [0.25, 0.3) is 55.7 Å². The molecule has 0 amide bonds.